The zero-order valence-electron chi connectivity index (χ0n) is 11.4. The normalized spacial score (nSPS) is 14.2. The molecule has 1 amide bonds. The van der Waals surface area contributed by atoms with Gasteiger partial charge in [-0.2, -0.15) is 0 Å². The number of aliphatic hydroxyl groups excluding tert-OH is 1. The molecule has 1 atom stereocenters. The van der Waals surface area contributed by atoms with Gasteiger partial charge in [0.15, 0.2) is 0 Å². The minimum atomic E-state index is -0.590. The number of hydrogen-bond donors (Lipinski definition) is 3. The molecule has 0 aliphatic heterocycles. The van der Waals surface area contributed by atoms with Crippen LogP contribution in [0.15, 0.2) is 12.3 Å². The lowest BCUT2D eigenvalue weighted by atomic mass is 10.00. The molecule has 0 aromatic carbocycles. The highest BCUT2D eigenvalue weighted by molar-refractivity contribution is 5.94. The second-order valence-corrected chi connectivity index (χ2v) is 4.88. The van der Waals surface area contributed by atoms with Crippen molar-refractivity contribution >= 4 is 11.6 Å². The molecule has 0 saturated carbocycles. The number of nitrogens with two attached hydrogens (primary N) is 1. The molecule has 1 rings (SSSR count). The van der Waals surface area contributed by atoms with E-state index in [-0.39, 0.29) is 12.5 Å². The molecule has 5 nitrogen and oxygen atoms in total. The number of nitrogen functional groups attached to an aromatic ring is 1. The zero-order valence-corrected chi connectivity index (χ0v) is 11.4. The van der Waals surface area contributed by atoms with E-state index in [1.807, 2.05) is 25.3 Å². The highest BCUT2D eigenvalue weighted by Crippen LogP contribution is 2.14. The van der Waals surface area contributed by atoms with Gasteiger partial charge < -0.3 is 20.7 Å². The van der Waals surface area contributed by atoms with Crippen LogP contribution in [0.2, 0.25) is 0 Å². The van der Waals surface area contributed by atoms with Crippen LogP contribution < -0.4 is 11.1 Å². The standard InChI is InChI=1S/C13H23N3O2/c1-4-6-16-8-10(14)7-11(16)12(18)15-13(3,5-2)9-17/h7-8,17H,4-6,9,14H2,1-3H3,(H,15,18). The summed E-state index contributed by atoms with van der Waals surface area (Å²) in [6.45, 7) is 6.46. The van der Waals surface area contributed by atoms with E-state index in [0.29, 0.717) is 17.8 Å². The number of amides is 1. The molecule has 0 spiro atoms. The Morgan fingerprint density at radius 3 is 2.72 bits per heavy atom. The fourth-order valence-electron chi connectivity index (χ4n) is 1.73. The van der Waals surface area contributed by atoms with Crippen molar-refractivity contribution in [3.05, 3.63) is 18.0 Å². The highest BCUT2D eigenvalue weighted by atomic mass is 16.3. The number of aryl methyl sites for hydroxylation is 1. The largest absolute Gasteiger partial charge is 0.397 e. The van der Waals surface area contributed by atoms with Crippen LogP contribution in [-0.4, -0.2) is 27.7 Å². The lowest BCUT2D eigenvalue weighted by Gasteiger charge is -2.27. The first kappa shape index (κ1) is 14.6. The molecule has 0 radical (unpaired) electrons. The van der Waals surface area contributed by atoms with Crippen LogP contribution in [0.4, 0.5) is 5.69 Å². The summed E-state index contributed by atoms with van der Waals surface area (Å²) in [5, 5.41) is 12.2. The number of anilines is 1. The van der Waals surface area contributed by atoms with Crippen molar-refractivity contribution in [2.75, 3.05) is 12.3 Å². The van der Waals surface area contributed by atoms with Crippen molar-refractivity contribution in [1.82, 2.24) is 9.88 Å². The molecule has 1 heterocycles. The SMILES string of the molecule is CCCn1cc(N)cc1C(=O)NC(C)(CC)CO. The van der Waals surface area contributed by atoms with Gasteiger partial charge in [0.2, 0.25) is 0 Å². The van der Waals surface area contributed by atoms with E-state index in [4.69, 9.17) is 5.73 Å². The maximum atomic E-state index is 12.2. The first-order chi connectivity index (χ1) is 8.45. The van der Waals surface area contributed by atoms with Gasteiger partial charge in [0.05, 0.1) is 17.8 Å². The fourth-order valence-corrected chi connectivity index (χ4v) is 1.73. The molecular formula is C13H23N3O2. The number of carbonyl (C=O) groups excluding carboxylic acids is 1. The number of nitrogens with one attached hydrogen (secondary N) is 1. The van der Waals surface area contributed by atoms with E-state index in [2.05, 4.69) is 5.32 Å². The number of aliphatic hydroxyl groups is 1. The van der Waals surface area contributed by atoms with Crippen molar-refractivity contribution < 1.29 is 9.90 Å². The molecule has 5 heteroatoms. The summed E-state index contributed by atoms with van der Waals surface area (Å²) in [6, 6.07) is 1.67. The van der Waals surface area contributed by atoms with Gasteiger partial charge in [-0.1, -0.05) is 13.8 Å². The monoisotopic (exact) mass is 253 g/mol. The number of aromatic nitrogens is 1. The quantitative estimate of drug-likeness (QED) is 0.716. The summed E-state index contributed by atoms with van der Waals surface area (Å²) in [4.78, 5) is 12.2. The molecule has 0 bridgehead atoms. The number of hydrogen-bond acceptors (Lipinski definition) is 3. The lowest BCUT2D eigenvalue weighted by molar-refractivity contribution is 0.0838. The Bertz CT molecular complexity index is 408. The van der Waals surface area contributed by atoms with Crippen molar-refractivity contribution in [1.29, 1.82) is 0 Å². The van der Waals surface area contributed by atoms with Crippen molar-refractivity contribution in [3.8, 4) is 0 Å². The van der Waals surface area contributed by atoms with Crippen LogP contribution in [-0.2, 0) is 6.54 Å². The van der Waals surface area contributed by atoms with Crippen molar-refractivity contribution in [2.24, 2.45) is 0 Å². The van der Waals surface area contributed by atoms with Crippen LogP contribution in [0.3, 0.4) is 0 Å². The third-order valence-electron chi connectivity index (χ3n) is 3.16. The molecule has 0 aliphatic rings. The average Bonchev–Trinajstić information content (AvgIpc) is 2.71. The summed E-state index contributed by atoms with van der Waals surface area (Å²) < 4.78 is 1.85. The van der Waals surface area contributed by atoms with Crippen LogP contribution in [0.25, 0.3) is 0 Å². The molecule has 0 fully saturated rings. The third-order valence-corrected chi connectivity index (χ3v) is 3.16. The molecule has 102 valence electrons. The summed E-state index contributed by atoms with van der Waals surface area (Å²) in [7, 11) is 0. The van der Waals surface area contributed by atoms with Crippen molar-refractivity contribution in [2.45, 2.75) is 45.7 Å². The Kier molecular flexibility index (Phi) is 4.78. The van der Waals surface area contributed by atoms with E-state index in [1.54, 1.807) is 12.3 Å². The molecule has 1 aromatic rings. The van der Waals surface area contributed by atoms with Crippen molar-refractivity contribution in [3.63, 3.8) is 0 Å². The van der Waals surface area contributed by atoms with E-state index < -0.39 is 5.54 Å². The first-order valence-corrected chi connectivity index (χ1v) is 6.34. The van der Waals surface area contributed by atoms with Gasteiger partial charge in [-0.25, -0.2) is 0 Å². The molecule has 1 aromatic heterocycles. The first-order valence-electron chi connectivity index (χ1n) is 6.34. The summed E-state index contributed by atoms with van der Waals surface area (Å²) >= 11 is 0. The van der Waals surface area contributed by atoms with Crippen LogP contribution in [0.5, 0.6) is 0 Å². The van der Waals surface area contributed by atoms with Gasteiger partial charge in [-0.3, -0.25) is 4.79 Å². The minimum Gasteiger partial charge on any atom is -0.397 e. The van der Waals surface area contributed by atoms with Gasteiger partial charge in [0, 0.05) is 12.7 Å². The van der Waals surface area contributed by atoms with Gasteiger partial charge in [-0.15, -0.1) is 0 Å². The summed E-state index contributed by atoms with van der Waals surface area (Å²) in [6.07, 6.45) is 3.36. The van der Waals surface area contributed by atoms with Crippen LogP contribution in [0, 0.1) is 0 Å². The Balaban J connectivity index is 2.90. The number of nitrogens with zero attached hydrogens (tertiary/aromatic N) is 1. The van der Waals surface area contributed by atoms with E-state index in [1.165, 1.54) is 0 Å². The Hall–Kier alpha value is -1.49. The van der Waals surface area contributed by atoms with E-state index in [9.17, 15) is 9.90 Å². The maximum Gasteiger partial charge on any atom is 0.268 e. The summed E-state index contributed by atoms with van der Waals surface area (Å²) in [5.74, 6) is -0.196. The van der Waals surface area contributed by atoms with E-state index in [0.717, 1.165) is 13.0 Å². The number of carbonyl (C=O) groups is 1. The predicted octanol–water partition coefficient (Wildman–Crippen LogP) is 1.37. The van der Waals surface area contributed by atoms with Gasteiger partial charge in [0.25, 0.3) is 5.91 Å². The topological polar surface area (TPSA) is 80.3 Å². The molecule has 18 heavy (non-hydrogen) atoms. The smallest absolute Gasteiger partial charge is 0.268 e. The van der Waals surface area contributed by atoms with Gasteiger partial charge in [0.1, 0.15) is 5.69 Å². The van der Waals surface area contributed by atoms with Crippen LogP contribution >= 0.6 is 0 Å². The lowest BCUT2D eigenvalue weighted by Crippen LogP contribution is -2.48. The number of rotatable bonds is 6. The Morgan fingerprint density at radius 2 is 2.22 bits per heavy atom. The Labute approximate surface area is 108 Å². The molecule has 4 N–H and O–H groups in total. The molecule has 1 unspecified atom stereocenters. The van der Waals surface area contributed by atoms with Crippen LogP contribution in [0.1, 0.15) is 44.1 Å². The Morgan fingerprint density at radius 1 is 1.56 bits per heavy atom. The van der Waals surface area contributed by atoms with Gasteiger partial charge >= 0.3 is 0 Å². The molecular weight excluding hydrogens is 230 g/mol. The second kappa shape index (κ2) is 5.91. The second-order valence-electron chi connectivity index (χ2n) is 4.88. The van der Waals surface area contributed by atoms with Gasteiger partial charge in [-0.05, 0) is 25.8 Å². The third kappa shape index (κ3) is 3.26. The average molecular weight is 253 g/mol. The predicted molar refractivity (Wildman–Crippen MR) is 72.4 cm³/mol. The minimum absolute atomic E-state index is 0.0841. The fraction of sp³-hybridized carbons (Fsp3) is 0.615. The maximum absolute atomic E-state index is 12.2. The highest BCUT2D eigenvalue weighted by Gasteiger charge is 2.25. The zero-order chi connectivity index (χ0) is 13.8. The molecule has 0 saturated heterocycles. The summed E-state index contributed by atoms with van der Waals surface area (Å²) in [5.41, 5.74) is 6.26. The molecule has 0 aliphatic carbocycles. The van der Waals surface area contributed by atoms with E-state index >= 15 is 0 Å².